The average molecular weight is 312 g/mol. The summed E-state index contributed by atoms with van der Waals surface area (Å²) in [5.74, 6) is -1.97. The van der Waals surface area contributed by atoms with E-state index in [-0.39, 0.29) is 6.07 Å². The molecule has 1 rings (SSSR count). The number of aromatic hydroxyl groups is 1. The van der Waals surface area contributed by atoms with Crippen molar-refractivity contribution in [3.63, 3.8) is 0 Å². The van der Waals surface area contributed by atoms with Gasteiger partial charge in [0.25, 0.3) is 0 Å². The summed E-state index contributed by atoms with van der Waals surface area (Å²) in [7, 11) is -6.05. The van der Waals surface area contributed by atoms with E-state index in [4.69, 9.17) is 5.11 Å². The Morgan fingerprint density at radius 2 is 1.42 bits per heavy atom. The highest BCUT2D eigenvalue weighted by Crippen LogP contribution is 2.43. The minimum atomic E-state index is -6.05. The monoisotopic (exact) mass is 312 g/mol. The number of alkyl halides is 6. The van der Waals surface area contributed by atoms with E-state index in [0.717, 1.165) is 0 Å². The highest BCUT2D eigenvalue weighted by molar-refractivity contribution is 7.86. The zero-order valence-electron chi connectivity index (χ0n) is 8.47. The lowest BCUT2D eigenvalue weighted by Crippen LogP contribution is -2.15. The van der Waals surface area contributed by atoms with Gasteiger partial charge in [0.1, 0.15) is 5.75 Å². The summed E-state index contributed by atoms with van der Waals surface area (Å²) in [4.78, 5) is -2.24. The van der Waals surface area contributed by atoms with Gasteiger partial charge >= 0.3 is 22.6 Å². The number of halogens is 7. The van der Waals surface area contributed by atoms with E-state index in [1.165, 1.54) is 0 Å². The molecule has 0 aromatic heterocycles. The van der Waals surface area contributed by atoms with E-state index in [1.807, 2.05) is 0 Å². The van der Waals surface area contributed by atoms with Crippen LogP contribution in [-0.2, 0) is 22.6 Å². The lowest BCUT2D eigenvalue weighted by atomic mass is 10.1. The maximum atomic E-state index is 12.6. The molecule has 0 saturated carbocycles. The van der Waals surface area contributed by atoms with Crippen LogP contribution in [0.4, 0.5) is 30.2 Å². The third kappa shape index (κ3) is 3.28. The molecule has 0 aliphatic carbocycles. The first-order valence-electron chi connectivity index (χ1n) is 4.20. The van der Waals surface area contributed by atoms with Gasteiger partial charge < -0.3 is 5.11 Å². The van der Waals surface area contributed by atoms with Crippen LogP contribution in [0.2, 0.25) is 0 Å². The van der Waals surface area contributed by atoms with Gasteiger partial charge in [-0.05, 0) is 12.1 Å². The Hall–Kier alpha value is -1.52. The van der Waals surface area contributed by atoms with Gasteiger partial charge in [0.05, 0.1) is 11.1 Å². The van der Waals surface area contributed by atoms with E-state index < -0.39 is 50.4 Å². The van der Waals surface area contributed by atoms with Crippen LogP contribution in [0.1, 0.15) is 11.1 Å². The molecule has 0 amide bonds. The molecular formula is C8H3F7O3S. The summed E-state index contributed by atoms with van der Waals surface area (Å²) in [5.41, 5.74) is -4.38. The fourth-order valence-electron chi connectivity index (χ4n) is 1.24. The molecule has 0 spiro atoms. The Morgan fingerprint density at radius 3 is 1.74 bits per heavy atom. The van der Waals surface area contributed by atoms with Crippen molar-refractivity contribution in [3.8, 4) is 5.75 Å². The number of phenols is 1. The summed E-state index contributed by atoms with van der Waals surface area (Å²) in [6.07, 6.45) is -10.9. The number of benzene rings is 1. The fraction of sp³-hybridized carbons (Fsp3) is 0.250. The molecule has 0 bridgehead atoms. The molecular weight excluding hydrogens is 309 g/mol. The molecule has 19 heavy (non-hydrogen) atoms. The van der Waals surface area contributed by atoms with Crippen molar-refractivity contribution in [3.05, 3.63) is 23.3 Å². The molecule has 108 valence electrons. The summed E-state index contributed by atoms with van der Waals surface area (Å²) >= 11 is 0. The van der Waals surface area contributed by atoms with Gasteiger partial charge in [0.15, 0.2) is 4.90 Å². The van der Waals surface area contributed by atoms with Crippen molar-refractivity contribution >= 4 is 10.2 Å². The predicted octanol–water partition coefficient (Wildman–Crippen LogP) is 3.09. The quantitative estimate of drug-likeness (QED) is 0.640. The van der Waals surface area contributed by atoms with E-state index in [0.29, 0.717) is 0 Å². The molecule has 0 saturated heterocycles. The fourth-order valence-corrected chi connectivity index (χ4v) is 1.99. The van der Waals surface area contributed by atoms with Crippen LogP contribution < -0.4 is 0 Å². The lowest BCUT2D eigenvalue weighted by molar-refractivity contribution is -0.144. The van der Waals surface area contributed by atoms with Gasteiger partial charge in [-0.15, -0.1) is 3.89 Å². The minimum Gasteiger partial charge on any atom is -0.506 e. The van der Waals surface area contributed by atoms with E-state index in [1.54, 1.807) is 0 Å². The molecule has 3 nitrogen and oxygen atoms in total. The zero-order chi connectivity index (χ0) is 15.2. The number of phenolic OH excluding ortho intramolecular Hbond substituents is 1. The second kappa shape index (κ2) is 4.25. The molecule has 0 aliphatic heterocycles. The number of hydrogen-bond acceptors (Lipinski definition) is 3. The summed E-state index contributed by atoms with van der Waals surface area (Å²) in [6.45, 7) is 0. The first-order chi connectivity index (χ1) is 8.24. The summed E-state index contributed by atoms with van der Waals surface area (Å²) in [6, 6.07) is -0.895. The van der Waals surface area contributed by atoms with Gasteiger partial charge in [0.2, 0.25) is 0 Å². The third-order valence-corrected chi connectivity index (χ3v) is 2.86. The van der Waals surface area contributed by atoms with Crippen molar-refractivity contribution in [2.75, 3.05) is 0 Å². The van der Waals surface area contributed by atoms with Crippen molar-refractivity contribution < 1.29 is 43.8 Å². The second-order valence-electron chi connectivity index (χ2n) is 3.31. The molecule has 1 aromatic rings. The molecule has 0 fully saturated rings. The van der Waals surface area contributed by atoms with Crippen LogP contribution in [0, 0.1) is 0 Å². The maximum absolute atomic E-state index is 12.6. The van der Waals surface area contributed by atoms with Gasteiger partial charge in [-0.25, -0.2) is 0 Å². The molecule has 11 heteroatoms. The first-order valence-corrected chi connectivity index (χ1v) is 5.59. The lowest BCUT2D eigenvalue weighted by Gasteiger charge is -2.15. The minimum absolute atomic E-state index is 0.304. The molecule has 1 aromatic carbocycles. The van der Waals surface area contributed by atoms with Crippen LogP contribution >= 0.6 is 0 Å². The highest BCUT2D eigenvalue weighted by atomic mass is 32.3. The van der Waals surface area contributed by atoms with Crippen LogP contribution in [0.3, 0.4) is 0 Å². The smallest absolute Gasteiger partial charge is 0.417 e. The zero-order valence-corrected chi connectivity index (χ0v) is 9.29. The van der Waals surface area contributed by atoms with Gasteiger partial charge in [-0.2, -0.15) is 34.8 Å². The summed E-state index contributed by atoms with van der Waals surface area (Å²) < 4.78 is 108. The van der Waals surface area contributed by atoms with Crippen LogP contribution in [0.5, 0.6) is 5.75 Å². The van der Waals surface area contributed by atoms with Gasteiger partial charge in [-0.3, -0.25) is 0 Å². The van der Waals surface area contributed by atoms with Crippen molar-refractivity contribution in [2.45, 2.75) is 17.2 Å². The predicted molar refractivity (Wildman–Crippen MR) is 46.4 cm³/mol. The Bertz CT molecular complexity index is 600. The SMILES string of the molecule is O=S(=O)(F)c1c(O)cc(C(F)(F)F)cc1C(F)(F)F. The molecule has 0 heterocycles. The molecule has 0 radical (unpaired) electrons. The normalized spacial score (nSPS) is 13.6. The number of rotatable bonds is 1. The Morgan fingerprint density at radius 1 is 0.947 bits per heavy atom. The first kappa shape index (κ1) is 15.5. The molecule has 0 unspecified atom stereocenters. The second-order valence-corrected chi connectivity index (χ2v) is 4.59. The largest absolute Gasteiger partial charge is 0.506 e. The number of hydrogen-bond donors (Lipinski definition) is 1. The van der Waals surface area contributed by atoms with Crippen LogP contribution in [0.25, 0.3) is 0 Å². The Balaban J connectivity index is 3.79. The molecule has 0 atom stereocenters. The van der Waals surface area contributed by atoms with Crippen LogP contribution in [-0.4, -0.2) is 13.5 Å². The van der Waals surface area contributed by atoms with Crippen molar-refractivity contribution in [1.82, 2.24) is 0 Å². The average Bonchev–Trinajstić information content (AvgIpc) is 2.11. The molecule has 1 N–H and O–H groups in total. The summed E-state index contributed by atoms with van der Waals surface area (Å²) in [5, 5.41) is 8.92. The van der Waals surface area contributed by atoms with Crippen molar-refractivity contribution in [1.29, 1.82) is 0 Å². The Kier molecular flexibility index (Phi) is 3.48. The topological polar surface area (TPSA) is 54.4 Å². The Labute approximate surface area is 101 Å². The van der Waals surface area contributed by atoms with E-state index >= 15 is 0 Å². The van der Waals surface area contributed by atoms with Crippen LogP contribution in [0.15, 0.2) is 17.0 Å². The highest BCUT2D eigenvalue weighted by Gasteiger charge is 2.43. The van der Waals surface area contributed by atoms with E-state index in [9.17, 15) is 38.6 Å². The van der Waals surface area contributed by atoms with Gasteiger partial charge in [0, 0.05) is 0 Å². The van der Waals surface area contributed by atoms with Crippen molar-refractivity contribution in [2.24, 2.45) is 0 Å². The third-order valence-electron chi connectivity index (χ3n) is 1.95. The van der Waals surface area contributed by atoms with E-state index in [2.05, 4.69) is 0 Å². The standard InChI is InChI=1S/C8H3F7O3S/c9-7(10,11)3-1-4(8(12,13)14)6(5(16)2-3)19(15,17)18/h1-2,16H. The molecule has 0 aliphatic rings. The maximum Gasteiger partial charge on any atom is 0.417 e. The van der Waals surface area contributed by atoms with Gasteiger partial charge in [-0.1, -0.05) is 0 Å².